The van der Waals surface area contributed by atoms with Crippen molar-refractivity contribution in [3.63, 3.8) is 0 Å². The Kier molecular flexibility index (Phi) is 1.78. The van der Waals surface area contributed by atoms with E-state index in [1.807, 2.05) is 0 Å². The zero-order valence-corrected chi connectivity index (χ0v) is 6.28. The maximum absolute atomic E-state index is 12.3. The number of rotatable bonds is 2. The van der Waals surface area contributed by atoms with E-state index in [0.717, 1.165) is 12.8 Å². The average molecular weight is 130 g/mol. The van der Waals surface area contributed by atoms with Gasteiger partial charge in [-0.3, -0.25) is 4.39 Å². The molecule has 0 aromatic carbocycles. The standard InChI is InChI=1S/C8H15F/c1-3-8(6-9)5-4-7(8)2/h7H,3-6H2,1-2H3/t7-,8?/m0/s1. The minimum atomic E-state index is -0.106. The quantitative estimate of drug-likeness (QED) is 0.539. The van der Waals surface area contributed by atoms with Crippen molar-refractivity contribution in [2.24, 2.45) is 11.3 Å². The van der Waals surface area contributed by atoms with Gasteiger partial charge in [0.2, 0.25) is 0 Å². The van der Waals surface area contributed by atoms with E-state index in [4.69, 9.17) is 0 Å². The van der Waals surface area contributed by atoms with E-state index < -0.39 is 0 Å². The van der Waals surface area contributed by atoms with Crippen molar-refractivity contribution in [1.29, 1.82) is 0 Å². The molecule has 9 heavy (non-hydrogen) atoms. The maximum atomic E-state index is 12.3. The topological polar surface area (TPSA) is 0 Å². The molecule has 1 rings (SSSR count). The van der Waals surface area contributed by atoms with Crippen LogP contribution in [-0.2, 0) is 0 Å². The second-order valence-electron chi connectivity index (χ2n) is 3.29. The van der Waals surface area contributed by atoms with E-state index >= 15 is 0 Å². The van der Waals surface area contributed by atoms with Gasteiger partial charge in [-0.05, 0) is 25.2 Å². The molecule has 0 saturated heterocycles. The van der Waals surface area contributed by atoms with Gasteiger partial charge in [-0.1, -0.05) is 13.8 Å². The summed E-state index contributed by atoms with van der Waals surface area (Å²) in [7, 11) is 0. The number of hydrogen-bond donors (Lipinski definition) is 0. The molecule has 0 radical (unpaired) electrons. The van der Waals surface area contributed by atoms with Gasteiger partial charge in [0.1, 0.15) is 0 Å². The highest BCUT2D eigenvalue weighted by atomic mass is 19.1. The number of halogens is 1. The lowest BCUT2D eigenvalue weighted by molar-refractivity contribution is 0.0117. The van der Waals surface area contributed by atoms with Crippen LogP contribution in [0.1, 0.15) is 33.1 Å². The highest BCUT2D eigenvalue weighted by Crippen LogP contribution is 2.49. The van der Waals surface area contributed by atoms with Crippen LogP contribution in [-0.4, -0.2) is 6.67 Å². The lowest BCUT2D eigenvalue weighted by Gasteiger charge is -2.45. The highest BCUT2D eigenvalue weighted by Gasteiger charge is 2.42. The van der Waals surface area contributed by atoms with Crippen molar-refractivity contribution in [2.75, 3.05) is 6.67 Å². The molecule has 0 aromatic rings. The van der Waals surface area contributed by atoms with Crippen LogP contribution in [0.5, 0.6) is 0 Å². The Morgan fingerprint density at radius 2 is 2.33 bits per heavy atom. The first-order valence-corrected chi connectivity index (χ1v) is 3.81. The first-order chi connectivity index (χ1) is 4.25. The van der Waals surface area contributed by atoms with Crippen LogP contribution in [0.4, 0.5) is 4.39 Å². The van der Waals surface area contributed by atoms with Gasteiger partial charge in [0.25, 0.3) is 0 Å². The van der Waals surface area contributed by atoms with Crippen molar-refractivity contribution in [3.8, 4) is 0 Å². The normalized spacial score (nSPS) is 42.3. The van der Waals surface area contributed by atoms with E-state index in [-0.39, 0.29) is 12.1 Å². The Hall–Kier alpha value is -0.0700. The van der Waals surface area contributed by atoms with E-state index in [1.54, 1.807) is 0 Å². The van der Waals surface area contributed by atoms with Gasteiger partial charge in [-0.25, -0.2) is 0 Å². The molecule has 0 N–H and O–H groups in total. The van der Waals surface area contributed by atoms with Crippen LogP contribution in [0.15, 0.2) is 0 Å². The molecule has 1 aliphatic rings. The summed E-state index contributed by atoms with van der Waals surface area (Å²) in [5.74, 6) is 0.632. The summed E-state index contributed by atoms with van der Waals surface area (Å²) >= 11 is 0. The molecule has 0 amide bonds. The SMILES string of the molecule is CCC1(CF)CC[C@@H]1C. The van der Waals surface area contributed by atoms with Crippen molar-refractivity contribution < 1.29 is 4.39 Å². The average Bonchev–Trinajstić information content (AvgIpc) is 1.89. The summed E-state index contributed by atoms with van der Waals surface area (Å²) in [5, 5.41) is 0. The number of alkyl halides is 1. The summed E-state index contributed by atoms with van der Waals surface area (Å²) in [4.78, 5) is 0. The smallest absolute Gasteiger partial charge is 0.0953 e. The highest BCUT2D eigenvalue weighted by molar-refractivity contribution is 4.91. The van der Waals surface area contributed by atoms with Crippen molar-refractivity contribution in [3.05, 3.63) is 0 Å². The van der Waals surface area contributed by atoms with E-state index in [0.29, 0.717) is 5.92 Å². The molecule has 1 saturated carbocycles. The number of hydrogen-bond acceptors (Lipinski definition) is 0. The van der Waals surface area contributed by atoms with Crippen LogP contribution in [0.3, 0.4) is 0 Å². The van der Waals surface area contributed by atoms with Crippen molar-refractivity contribution in [1.82, 2.24) is 0 Å². The molecule has 0 bridgehead atoms. The first-order valence-electron chi connectivity index (χ1n) is 3.81. The molecule has 1 unspecified atom stereocenters. The second kappa shape index (κ2) is 2.28. The van der Waals surface area contributed by atoms with Gasteiger partial charge in [-0.15, -0.1) is 0 Å². The summed E-state index contributed by atoms with van der Waals surface area (Å²) in [6.07, 6.45) is 3.36. The van der Waals surface area contributed by atoms with Gasteiger partial charge in [0.05, 0.1) is 6.67 Å². The minimum absolute atomic E-state index is 0.0972. The zero-order chi connectivity index (χ0) is 6.91. The summed E-state index contributed by atoms with van der Waals surface area (Å²) in [6, 6.07) is 0. The molecular formula is C8H15F. The van der Waals surface area contributed by atoms with Crippen LogP contribution in [0.25, 0.3) is 0 Å². The molecule has 1 aliphatic carbocycles. The maximum Gasteiger partial charge on any atom is 0.0953 e. The Morgan fingerprint density at radius 1 is 1.67 bits per heavy atom. The third-order valence-corrected chi connectivity index (χ3v) is 3.09. The Bertz CT molecular complexity index is 89.2. The van der Waals surface area contributed by atoms with E-state index in [2.05, 4.69) is 13.8 Å². The first kappa shape index (κ1) is 7.04. The molecule has 0 heterocycles. The van der Waals surface area contributed by atoms with Gasteiger partial charge in [-0.2, -0.15) is 0 Å². The summed E-state index contributed by atoms with van der Waals surface area (Å²) < 4.78 is 12.3. The fourth-order valence-electron chi connectivity index (χ4n) is 1.66. The lowest BCUT2D eigenvalue weighted by atomic mass is 9.60. The van der Waals surface area contributed by atoms with E-state index in [9.17, 15) is 4.39 Å². The van der Waals surface area contributed by atoms with Gasteiger partial charge in [0.15, 0.2) is 0 Å². The minimum Gasteiger partial charge on any atom is -0.250 e. The zero-order valence-electron chi connectivity index (χ0n) is 6.28. The second-order valence-corrected chi connectivity index (χ2v) is 3.29. The van der Waals surface area contributed by atoms with E-state index in [1.165, 1.54) is 6.42 Å². The molecule has 2 atom stereocenters. The lowest BCUT2D eigenvalue weighted by Crippen LogP contribution is -2.39. The Balaban J connectivity index is 2.48. The van der Waals surface area contributed by atoms with Crippen LogP contribution in [0.2, 0.25) is 0 Å². The predicted molar refractivity (Wildman–Crippen MR) is 37.1 cm³/mol. The van der Waals surface area contributed by atoms with Crippen LogP contribution in [0, 0.1) is 11.3 Å². The molecule has 0 nitrogen and oxygen atoms in total. The third kappa shape index (κ3) is 0.867. The van der Waals surface area contributed by atoms with Crippen LogP contribution < -0.4 is 0 Å². The van der Waals surface area contributed by atoms with Gasteiger partial charge < -0.3 is 0 Å². The van der Waals surface area contributed by atoms with Crippen molar-refractivity contribution in [2.45, 2.75) is 33.1 Å². The fraction of sp³-hybridized carbons (Fsp3) is 1.00. The monoisotopic (exact) mass is 130 g/mol. The fourth-order valence-corrected chi connectivity index (χ4v) is 1.66. The largest absolute Gasteiger partial charge is 0.250 e. The molecule has 1 fully saturated rings. The third-order valence-electron chi connectivity index (χ3n) is 3.09. The molecule has 0 aromatic heterocycles. The Morgan fingerprint density at radius 3 is 2.33 bits per heavy atom. The summed E-state index contributed by atoms with van der Waals surface area (Å²) in [5.41, 5.74) is 0.0972. The Labute approximate surface area is 56.5 Å². The van der Waals surface area contributed by atoms with Crippen LogP contribution >= 0.6 is 0 Å². The van der Waals surface area contributed by atoms with Gasteiger partial charge in [0, 0.05) is 5.41 Å². The molecule has 0 aliphatic heterocycles. The molecular weight excluding hydrogens is 115 g/mol. The van der Waals surface area contributed by atoms with Crippen molar-refractivity contribution >= 4 is 0 Å². The summed E-state index contributed by atoms with van der Waals surface area (Å²) in [6.45, 7) is 4.15. The predicted octanol–water partition coefficient (Wildman–Crippen LogP) is 2.78. The molecule has 0 spiro atoms. The van der Waals surface area contributed by atoms with Gasteiger partial charge >= 0.3 is 0 Å². The molecule has 54 valence electrons. The molecule has 1 heteroatoms.